The van der Waals surface area contributed by atoms with Crippen molar-refractivity contribution in [3.63, 3.8) is 0 Å². The molecule has 1 aromatic rings. The van der Waals surface area contributed by atoms with Gasteiger partial charge in [-0.2, -0.15) is 0 Å². The van der Waals surface area contributed by atoms with Gasteiger partial charge in [0.2, 0.25) is 5.91 Å². The molecule has 1 N–H and O–H groups in total. The summed E-state index contributed by atoms with van der Waals surface area (Å²) in [6, 6.07) is 7.93. The summed E-state index contributed by atoms with van der Waals surface area (Å²) in [5.74, 6) is 0.948. The van der Waals surface area contributed by atoms with Crippen LogP contribution >= 0.6 is 0 Å². The zero-order chi connectivity index (χ0) is 15.1. The lowest BCUT2D eigenvalue weighted by Crippen LogP contribution is -2.42. The van der Waals surface area contributed by atoms with Crippen molar-refractivity contribution in [1.29, 1.82) is 0 Å². The summed E-state index contributed by atoms with van der Waals surface area (Å²) in [5, 5.41) is 2.95. The maximum atomic E-state index is 11.8. The van der Waals surface area contributed by atoms with Crippen LogP contribution in [-0.2, 0) is 11.2 Å². The summed E-state index contributed by atoms with van der Waals surface area (Å²) < 4.78 is 5.59. The predicted molar refractivity (Wildman–Crippen MR) is 82.1 cm³/mol. The molecule has 0 fully saturated rings. The third-order valence-corrected chi connectivity index (χ3v) is 3.16. The monoisotopic (exact) mass is 278 g/mol. The fourth-order valence-corrected chi connectivity index (χ4v) is 1.72. The van der Waals surface area contributed by atoms with Gasteiger partial charge in [0.1, 0.15) is 5.75 Å². The molecule has 20 heavy (non-hydrogen) atoms. The minimum Gasteiger partial charge on any atom is -0.491 e. The lowest BCUT2D eigenvalue weighted by Gasteiger charge is -2.18. The zero-order valence-electron chi connectivity index (χ0n) is 13.1. The Kier molecular flexibility index (Phi) is 6.52. The highest BCUT2D eigenvalue weighted by atomic mass is 16.5. The number of nitrogens with zero attached hydrogens (tertiary/aromatic N) is 1. The van der Waals surface area contributed by atoms with Gasteiger partial charge in [0.15, 0.2) is 0 Å². The lowest BCUT2D eigenvalue weighted by atomic mass is 10.1. The number of rotatable bonds is 7. The predicted octanol–water partition coefficient (Wildman–Crippen LogP) is 2.08. The molecule has 1 amide bonds. The normalized spacial score (nSPS) is 12.6. The molecule has 1 aromatic carbocycles. The summed E-state index contributed by atoms with van der Waals surface area (Å²) in [6.07, 6.45) is 1.01. The highest BCUT2D eigenvalue weighted by Crippen LogP contribution is 2.13. The first-order valence-electron chi connectivity index (χ1n) is 7.10. The van der Waals surface area contributed by atoms with Crippen molar-refractivity contribution in [3.8, 4) is 5.75 Å². The van der Waals surface area contributed by atoms with E-state index in [0.717, 1.165) is 12.2 Å². The van der Waals surface area contributed by atoms with E-state index < -0.39 is 0 Å². The van der Waals surface area contributed by atoms with Crippen LogP contribution in [0.25, 0.3) is 0 Å². The van der Waals surface area contributed by atoms with Gasteiger partial charge in [-0.05, 0) is 59.0 Å². The fourth-order valence-electron chi connectivity index (χ4n) is 1.72. The van der Waals surface area contributed by atoms with Gasteiger partial charge >= 0.3 is 0 Å². The quantitative estimate of drug-likeness (QED) is 0.830. The molecular formula is C16H26N2O2. The Hall–Kier alpha value is -1.55. The summed E-state index contributed by atoms with van der Waals surface area (Å²) in [4.78, 5) is 13.7. The number of likely N-dealkylation sites (N-methyl/N-ethyl adjacent to an activating group) is 1. The third kappa shape index (κ3) is 5.61. The van der Waals surface area contributed by atoms with Gasteiger partial charge in [-0.1, -0.05) is 12.1 Å². The number of hydrogen-bond donors (Lipinski definition) is 1. The number of carbonyl (C=O) groups is 1. The van der Waals surface area contributed by atoms with Crippen molar-refractivity contribution in [2.45, 2.75) is 39.3 Å². The molecule has 0 saturated carbocycles. The lowest BCUT2D eigenvalue weighted by molar-refractivity contribution is -0.124. The average Bonchev–Trinajstić information content (AvgIpc) is 2.39. The van der Waals surface area contributed by atoms with E-state index in [1.54, 1.807) is 0 Å². The Morgan fingerprint density at radius 1 is 1.20 bits per heavy atom. The van der Waals surface area contributed by atoms with E-state index in [4.69, 9.17) is 4.74 Å². The molecule has 0 aliphatic rings. The van der Waals surface area contributed by atoms with Gasteiger partial charge < -0.3 is 10.1 Å². The number of nitrogens with one attached hydrogen (secondary N) is 1. The molecule has 112 valence electrons. The van der Waals surface area contributed by atoms with Crippen molar-refractivity contribution in [2.75, 3.05) is 20.6 Å². The molecule has 0 radical (unpaired) electrons. The number of benzene rings is 1. The molecule has 4 heteroatoms. The summed E-state index contributed by atoms with van der Waals surface area (Å²) in [6.45, 7) is 6.57. The second kappa shape index (κ2) is 7.90. The van der Waals surface area contributed by atoms with Crippen LogP contribution in [-0.4, -0.2) is 43.6 Å². The van der Waals surface area contributed by atoms with E-state index >= 15 is 0 Å². The highest BCUT2D eigenvalue weighted by molar-refractivity contribution is 5.81. The number of carbonyl (C=O) groups excluding carboxylic acids is 1. The van der Waals surface area contributed by atoms with Gasteiger partial charge in [0.25, 0.3) is 0 Å². The topological polar surface area (TPSA) is 41.6 Å². The molecule has 0 spiro atoms. The van der Waals surface area contributed by atoms with Crippen molar-refractivity contribution >= 4 is 5.91 Å². The van der Waals surface area contributed by atoms with Crippen LogP contribution in [0.15, 0.2) is 24.3 Å². The average molecular weight is 278 g/mol. The van der Waals surface area contributed by atoms with Gasteiger partial charge in [-0.15, -0.1) is 0 Å². The Balaban J connectivity index is 2.37. The molecule has 0 heterocycles. The molecule has 0 aromatic heterocycles. The van der Waals surface area contributed by atoms with Crippen LogP contribution in [0, 0.1) is 0 Å². The molecule has 4 nitrogen and oxygen atoms in total. The Bertz CT molecular complexity index is 413. The maximum Gasteiger partial charge on any atom is 0.237 e. The third-order valence-electron chi connectivity index (χ3n) is 3.16. The van der Waals surface area contributed by atoms with E-state index in [1.165, 1.54) is 5.56 Å². The van der Waals surface area contributed by atoms with Crippen molar-refractivity contribution in [2.24, 2.45) is 0 Å². The molecule has 1 atom stereocenters. The van der Waals surface area contributed by atoms with Gasteiger partial charge in [0, 0.05) is 6.54 Å². The maximum absolute atomic E-state index is 11.8. The van der Waals surface area contributed by atoms with E-state index in [1.807, 2.05) is 64.0 Å². The molecule has 0 bridgehead atoms. The number of ether oxygens (including phenoxy) is 1. The van der Waals surface area contributed by atoms with Crippen LogP contribution in [0.4, 0.5) is 0 Å². The highest BCUT2D eigenvalue weighted by Gasteiger charge is 2.13. The minimum absolute atomic E-state index is 0.0646. The van der Waals surface area contributed by atoms with E-state index in [-0.39, 0.29) is 18.1 Å². The zero-order valence-corrected chi connectivity index (χ0v) is 13.1. The first kappa shape index (κ1) is 16.5. The molecule has 0 aliphatic heterocycles. The first-order chi connectivity index (χ1) is 9.40. The first-order valence-corrected chi connectivity index (χ1v) is 7.10. The summed E-state index contributed by atoms with van der Waals surface area (Å²) in [7, 11) is 3.80. The van der Waals surface area contributed by atoms with Crippen LogP contribution < -0.4 is 10.1 Å². The van der Waals surface area contributed by atoms with Gasteiger partial charge in [-0.25, -0.2) is 0 Å². The minimum atomic E-state index is -0.100. The fraction of sp³-hybridized carbons (Fsp3) is 0.562. The van der Waals surface area contributed by atoms with Crippen LogP contribution in [0.2, 0.25) is 0 Å². The Labute approximate surface area is 122 Å². The Morgan fingerprint density at radius 3 is 2.30 bits per heavy atom. The van der Waals surface area contributed by atoms with E-state index in [2.05, 4.69) is 5.32 Å². The number of amides is 1. The van der Waals surface area contributed by atoms with E-state index in [9.17, 15) is 4.79 Å². The summed E-state index contributed by atoms with van der Waals surface area (Å²) in [5.41, 5.74) is 1.19. The SMILES string of the molecule is CC(C)Oc1ccc(CCNC(=O)[C@@H](C)N(C)C)cc1. The molecule has 0 saturated heterocycles. The van der Waals surface area contributed by atoms with E-state index in [0.29, 0.717) is 6.54 Å². The smallest absolute Gasteiger partial charge is 0.237 e. The summed E-state index contributed by atoms with van der Waals surface area (Å²) >= 11 is 0. The molecule has 0 unspecified atom stereocenters. The van der Waals surface area contributed by atoms with Gasteiger partial charge in [0.05, 0.1) is 12.1 Å². The van der Waals surface area contributed by atoms with Crippen molar-refractivity contribution < 1.29 is 9.53 Å². The van der Waals surface area contributed by atoms with Crippen LogP contribution in [0.1, 0.15) is 26.3 Å². The van der Waals surface area contributed by atoms with Crippen molar-refractivity contribution in [3.05, 3.63) is 29.8 Å². The molecule has 0 aliphatic carbocycles. The second-order valence-corrected chi connectivity index (χ2v) is 5.49. The molecular weight excluding hydrogens is 252 g/mol. The van der Waals surface area contributed by atoms with Gasteiger partial charge in [-0.3, -0.25) is 9.69 Å². The second-order valence-electron chi connectivity index (χ2n) is 5.49. The largest absolute Gasteiger partial charge is 0.491 e. The molecule has 1 rings (SSSR count). The van der Waals surface area contributed by atoms with Crippen molar-refractivity contribution in [1.82, 2.24) is 10.2 Å². The Morgan fingerprint density at radius 2 is 1.80 bits per heavy atom. The van der Waals surface area contributed by atoms with Crippen LogP contribution in [0.3, 0.4) is 0 Å². The number of hydrogen-bond acceptors (Lipinski definition) is 3. The standard InChI is InChI=1S/C16H26N2O2/c1-12(2)20-15-8-6-14(7-9-15)10-11-17-16(19)13(3)18(4)5/h6-9,12-13H,10-11H2,1-5H3,(H,17,19)/t13-/m1/s1. The van der Waals surface area contributed by atoms with Crippen LogP contribution in [0.5, 0.6) is 5.75 Å².